The van der Waals surface area contributed by atoms with Gasteiger partial charge in [-0.1, -0.05) is 0 Å². The number of thiophene rings is 1. The first-order chi connectivity index (χ1) is 9.13. The molecule has 0 amide bonds. The molecule has 0 radical (unpaired) electrons. The van der Waals surface area contributed by atoms with Crippen molar-refractivity contribution in [1.82, 2.24) is 0 Å². The zero-order valence-corrected chi connectivity index (χ0v) is 14.0. The number of fused-ring (bicyclic) bond motifs is 1. The monoisotopic (exact) mass is 403 g/mol. The van der Waals surface area contributed by atoms with Crippen molar-refractivity contribution < 1.29 is 4.39 Å². The van der Waals surface area contributed by atoms with Crippen LogP contribution in [0.1, 0.15) is 29.3 Å². The molecule has 100 valence electrons. The van der Waals surface area contributed by atoms with Gasteiger partial charge in [-0.05, 0) is 81.0 Å². The van der Waals surface area contributed by atoms with E-state index in [0.29, 0.717) is 10.5 Å². The molecular formula is C14H12Br2FNS. The molecule has 1 heterocycles. The molecule has 1 N–H and O–H groups in total. The second kappa shape index (κ2) is 5.54. The number of hydrogen-bond acceptors (Lipinski definition) is 2. The highest BCUT2D eigenvalue weighted by molar-refractivity contribution is 9.11. The molecule has 3 rings (SSSR count). The Kier molecular flexibility index (Phi) is 3.96. The van der Waals surface area contributed by atoms with E-state index in [-0.39, 0.29) is 5.82 Å². The van der Waals surface area contributed by atoms with Crippen LogP contribution in [0, 0.1) is 5.82 Å². The number of benzene rings is 1. The highest BCUT2D eigenvalue weighted by Crippen LogP contribution is 2.39. The number of halogens is 3. The van der Waals surface area contributed by atoms with Crippen molar-refractivity contribution in [2.75, 3.05) is 5.32 Å². The Balaban J connectivity index is 1.86. The van der Waals surface area contributed by atoms with Crippen LogP contribution in [0.15, 0.2) is 32.5 Å². The third-order valence-corrected chi connectivity index (χ3v) is 5.67. The van der Waals surface area contributed by atoms with Gasteiger partial charge in [-0.3, -0.25) is 0 Å². The van der Waals surface area contributed by atoms with Gasteiger partial charge in [0.05, 0.1) is 14.3 Å². The molecule has 0 fully saturated rings. The molecule has 1 unspecified atom stereocenters. The highest BCUT2D eigenvalue weighted by atomic mass is 79.9. The summed E-state index contributed by atoms with van der Waals surface area (Å²) in [5.41, 5.74) is 2.33. The number of rotatable bonds is 2. The molecule has 0 spiro atoms. The second-order valence-corrected chi connectivity index (χ2v) is 8.02. The Bertz CT molecular complexity index is 611. The lowest BCUT2D eigenvalue weighted by atomic mass is 9.94. The van der Waals surface area contributed by atoms with E-state index >= 15 is 0 Å². The Morgan fingerprint density at radius 3 is 2.89 bits per heavy atom. The lowest BCUT2D eigenvalue weighted by molar-refractivity contribution is 0.606. The van der Waals surface area contributed by atoms with Gasteiger partial charge in [0.25, 0.3) is 0 Å². The quantitative estimate of drug-likeness (QED) is 0.656. The van der Waals surface area contributed by atoms with Crippen LogP contribution in [-0.4, -0.2) is 0 Å². The summed E-state index contributed by atoms with van der Waals surface area (Å²) in [7, 11) is 0. The SMILES string of the molecule is Fc1ccc(NC2CCCc3sc(Br)cc32)cc1Br. The molecule has 5 heteroatoms. The summed E-state index contributed by atoms with van der Waals surface area (Å²) in [5, 5.41) is 3.51. The van der Waals surface area contributed by atoms with Crippen molar-refractivity contribution in [1.29, 1.82) is 0 Å². The van der Waals surface area contributed by atoms with E-state index in [2.05, 4.69) is 43.2 Å². The van der Waals surface area contributed by atoms with Crippen LogP contribution in [0.4, 0.5) is 10.1 Å². The smallest absolute Gasteiger partial charge is 0.137 e. The molecule has 0 bridgehead atoms. The van der Waals surface area contributed by atoms with Crippen molar-refractivity contribution in [3.8, 4) is 0 Å². The molecular weight excluding hydrogens is 393 g/mol. The molecule has 1 nitrogen and oxygen atoms in total. The predicted molar refractivity (Wildman–Crippen MR) is 85.4 cm³/mol. The van der Waals surface area contributed by atoms with Crippen LogP contribution in [-0.2, 0) is 6.42 Å². The average molecular weight is 405 g/mol. The molecule has 19 heavy (non-hydrogen) atoms. The third-order valence-electron chi connectivity index (χ3n) is 3.34. The van der Waals surface area contributed by atoms with Gasteiger partial charge in [0.2, 0.25) is 0 Å². The van der Waals surface area contributed by atoms with E-state index in [9.17, 15) is 4.39 Å². The van der Waals surface area contributed by atoms with Gasteiger partial charge in [-0.25, -0.2) is 4.39 Å². The maximum absolute atomic E-state index is 13.2. The van der Waals surface area contributed by atoms with Crippen LogP contribution in [0.25, 0.3) is 0 Å². The maximum Gasteiger partial charge on any atom is 0.137 e. The van der Waals surface area contributed by atoms with Crippen molar-refractivity contribution in [2.24, 2.45) is 0 Å². The summed E-state index contributed by atoms with van der Waals surface area (Å²) in [6.45, 7) is 0. The number of aryl methyl sites for hydroxylation is 1. The van der Waals surface area contributed by atoms with Gasteiger partial charge in [0.15, 0.2) is 0 Å². The first kappa shape index (κ1) is 13.6. The van der Waals surface area contributed by atoms with Crippen LogP contribution in [0.2, 0.25) is 0 Å². The first-order valence-corrected chi connectivity index (χ1v) is 8.53. The lowest BCUT2D eigenvalue weighted by Crippen LogP contribution is -2.15. The van der Waals surface area contributed by atoms with E-state index in [1.807, 2.05) is 11.3 Å². The molecule has 1 aliphatic carbocycles. The van der Waals surface area contributed by atoms with E-state index in [1.54, 1.807) is 12.1 Å². The normalized spacial score (nSPS) is 18.2. The number of anilines is 1. The Morgan fingerprint density at radius 1 is 1.26 bits per heavy atom. The van der Waals surface area contributed by atoms with Crippen molar-refractivity contribution in [3.63, 3.8) is 0 Å². The zero-order valence-electron chi connectivity index (χ0n) is 10.1. The Labute approximate surface area is 132 Å². The topological polar surface area (TPSA) is 12.0 Å². The van der Waals surface area contributed by atoms with E-state index < -0.39 is 0 Å². The summed E-state index contributed by atoms with van der Waals surface area (Å²) in [5.74, 6) is -0.229. The lowest BCUT2D eigenvalue weighted by Gasteiger charge is -2.24. The van der Waals surface area contributed by atoms with Gasteiger partial charge in [0.1, 0.15) is 5.82 Å². The van der Waals surface area contributed by atoms with Gasteiger partial charge in [-0.15, -0.1) is 11.3 Å². The Morgan fingerprint density at radius 2 is 2.11 bits per heavy atom. The fraction of sp³-hybridized carbons (Fsp3) is 0.286. The van der Waals surface area contributed by atoms with Crippen LogP contribution in [0.5, 0.6) is 0 Å². The molecule has 1 aromatic heterocycles. The molecule has 1 aromatic carbocycles. The van der Waals surface area contributed by atoms with Gasteiger partial charge >= 0.3 is 0 Å². The van der Waals surface area contributed by atoms with Crippen LogP contribution in [0.3, 0.4) is 0 Å². The molecule has 0 saturated heterocycles. The first-order valence-electron chi connectivity index (χ1n) is 6.13. The molecule has 1 aliphatic rings. The average Bonchev–Trinajstić information content (AvgIpc) is 2.75. The molecule has 0 saturated carbocycles. The summed E-state index contributed by atoms with van der Waals surface area (Å²) in [6, 6.07) is 7.60. The van der Waals surface area contributed by atoms with Crippen LogP contribution < -0.4 is 5.32 Å². The van der Waals surface area contributed by atoms with Crippen molar-refractivity contribution >= 4 is 48.9 Å². The van der Waals surface area contributed by atoms with Gasteiger partial charge in [-0.2, -0.15) is 0 Å². The standard InChI is InChI=1S/C14H12Br2FNS/c15-10-6-8(4-5-11(10)17)18-12-2-1-3-13-9(12)7-14(16)19-13/h4-7,12,18H,1-3H2. The van der Waals surface area contributed by atoms with Crippen molar-refractivity contribution in [3.05, 3.63) is 48.8 Å². The van der Waals surface area contributed by atoms with Gasteiger partial charge in [0, 0.05) is 10.6 Å². The molecule has 1 atom stereocenters. The third kappa shape index (κ3) is 2.88. The Hall–Kier alpha value is -0.390. The minimum atomic E-state index is -0.229. The molecule has 0 aliphatic heterocycles. The summed E-state index contributed by atoms with van der Waals surface area (Å²) >= 11 is 8.60. The minimum absolute atomic E-state index is 0.229. The summed E-state index contributed by atoms with van der Waals surface area (Å²) < 4.78 is 14.9. The zero-order chi connectivity index (χ0) is 13.4. The fourth-order valence-electron chi connectivity index (χ4n) is 2.46. The van der Waals surface area contributed by atoms with E-state index in [1.165, 1.54) is 26.7 Å². The predicted octanol–water partition coefficient (Wildman–Crippen LogP) is 5.90. The molecule has 2 aromatic rings. The summed E-state index contributed by atoms with van der Waals surface area (Å²) in [4.78, 5) is 1.46. The fourth-order valence-corrected chi connectivity index (χ4v) is 4.66. The van der Waals surface area contributed by atoms with Gasteiger partial charge < -0.3 is 5.32 Å². The van der Waals surface area contributed by atoms with Crippen LogP contribution >= 0.6 is 43.2 Å². The summed E-state index contributed by atoms with van der Waals surface area (Å²) in [6.07, 6.45) is 3.47. The minimum Gasteiger partial charge on any atom is -0.378 e. The maximum atomic E-state index is 13.2. The van der Waals surface area contributed by atoms with E-state index in [4.69, 9.17) is 0 Å². The highest BCUT2D eigenvalue weighted by Gasteiger charge is 2.22. The number of hydrogen-bond donors (Lipinski definition) is 1. The van der Waals surface area contributed by atoms with E-state index in [0.717, 1.165) is 18.5 Å². The van der Waals surface area contributed by atoms with Crippen molar-refractivity contribution in [2.45, 2.75) is 25.3 Å². The second-order valence-electron chi connectivity index (χ2n) is 4.65. The largest absolute Gasteiger partial charge is 0.378 e. The number of nitrogens with one attached hydrogen (secondary N) is 1.